The van der Waals surface area contributed by atoms with Crippen LogP contribution in [-0.2, 0) is 11.3 Å². The summed E-state index contributed by atoms with van der Waals surface area (Å²) in [4.78, 5) is 25.0. The van der Waals surface area contributed by atoms with Gasteiger partial charge in [-0.25, -0.2) is 4.68 Å². The molecule has 0 aliphatic carbocycles. The van der Waals surface area contributed by atoms with E-state index >= 15 is 0 Å². The summed E-state index contributed by atoms with van der Waals surface area (Å²) in [6.07, 6.45) is 0.943. The quantitative estimate of drug-likeness (QED) is 0.553. The largest absolute Gasteiger partial charge is 0.494 e. The smallest absolute Gasteiger partial charge is 0.266 e. The molecule has 0 aliphatic heterocycles. The molecule has 0 aliphatic rings. The molecule has 2 aromatic heterocycles. The Morgan fingerprint density at radius 3 is 2.55 bits per heavy atom. The van der Waals surface area contributed by atoms with Crippen LogP contribution in [0.15, 0.2) is 58.7 Å². The molecule has 0 saturated heterocycles. The lowest BCUT2D eigenvalue weighted by Crippen LogP contribution is -2.34. The van der Waals surface area contributed by atoms with E-state index in [-0.39, 0.29) is 31.2 Å². The Morgan fingerprint density at radius 2 is 1.86 bits per heavy atom. The topological polar surface area (TPSA) is 82.4 Å². The molecule has 0 saturated carbocycles. The van der Waals surface area contributed by atoms with Crippen LogP contribution >= 0.6 is 11.3 Å². The number of hydrogen-bond donors (Lipinski definition) is 1. The molecule has 0 unspecified atom stereocenters. The molecule has 1 N–H and O–H groups in total. The lowest BCUT2D eigenvalue weighted by molar-refractivity contribution is -0.123. The van der Waals surface area contributed by atoms with Crippen molar-refractivity contribution in [1.29, 1.82) is 0 Å². The fraction of sp³-hybridized carbons (Fsp3) is 0.286. The SMILES string of the molecule is CCCOc1ccc(OCC(=O)NCCn2nc(-c3cccs3)ccc2=O)cc1. The Hall–Kier alpha value is -3.13. The van der Waals surface area contributed by atoms with E-state index in [2.05, 4.69) is 10.4 Å². The van der Waals surface area contributed by atoms with Crippen molar-refractivity contribution in [1.82, 2.24) is 15.1 Å². The maximum absolute atomic E-state index is 12.0. The first kappa shape index (κ1) is 20.6. The molecular weight excluding hydrogens is 390 g/mol. The minimum absolute atomic E-state index is 0.104. The first-order valence-electron chi connectivity index (χ1n) is 9.40. The van der Waals surface area contributed by atoms with Crippen LogP contribution < -0.4 is 20.3 Å². The lowest BCUT2D eigenvalue weighted by Gasteiger charge is -2.10. The lowest BCUT2D eigenvalue weighted by atomic mass is 10.3. The summed E-state index contributed by atoms with van der Waals surface area (Å²) in [5.74, 6) is 1.09. The number of carbonyl (C=O) groups is 1. The normalized spacial score (nSPS) is 10.5. The minimum atomic E-state index is -0.265. The van der Waals surface area contributed by atoms with Gasteiger partial charge in [-0.05, 0) is 48.2 Å². The van der Waals surface area contributed by atoms with Crippen molar-refractivity contribution in [3.05, 3.63) is 64.3 Å². The number of amides is 1. The molecule has 3 aromatic rings. The summed E-state index contributed by atoms with van der Waals surface area (Å²) in [6.45, 7) is 3.17. The Bertz CT molecular complexity index is 968. The first-order chi connectivity index (χ1) is 14.2. The van der Waals surface area contributed by atoms with Gasteiger partial charge in [-0.15, -0.1) is 11.3 Å². The Kier molecular flexibility index (Phi) is 7.40. The van der Waals surface area contributed by atoms with Gasteiger partial charge in [0.1, 0.15) is 17.2 Å². The second-order valence-electron chi connectivity index (χ2n) is 6.22. The molecule has 0 fully saturated rings. The van der Waals surface area contributed by atoms with Crippen molar-refractivity contribution >= 4 is 17.2 Å². The van der Waals surface area contributed by atoms with E-state index in [9.17, 15) is 9.59 Å². The van der Waals surface area contributed by atoms with E-state index < -0.39 is 0 Å². The minimum Gasteiger partial charge on any atom is -0.494 e. The molecule has 0 bridgehead atoms. The molecule has 8 heteroatoms. The van der Waals surface area contributed by atoms with E-state index in [1.54, 1.807) is 29.5 Å². The summed E-state index contributed by atoms with van der Waals surface area (Å²) in [7, 11) is 0. The predicted octanol–water partition coefficient (Wildman–Crippen LogP) is 2.96. The van der Waals surface area contributed by atoms with Crippen LogP contribution in [-0.4, -0.2) is 35.4 Å². The third kappa shape index (κ3) is 6.18. The second-order valence-corrected chi connectivity index (χ2v) is 7.16. The van der Waals surface area contributed by atoms with E-state index in [1.165, 1.54) is 10.7 Å². The van der Waals surface area contributed by atoms with Gasteiger partial charge in [0.2, 0.25) is 0 Å². The molecule has 152 valence electrons. The van der Waals surface area contributed by atoms with Gasteiger partial charge in [0.15, 0.2) is 6.61 Å². The van der Waals surface area contributed by atoms with Crippen molar-refractivity contribution < 1.29 is 14.3 Å². The van der Waals surface area contributed by atoms with E-state index in [0.29, 0.717) is 12.4 Å². The Morgan fingerprint density at radius 1 is 1.10 bits per heavy atom. The highest BCUT2D eigenvalue weighted by atomic mass is 32.1. The monoisotopic (exact) mass is 413 g/mol. The van der Waals surface area contributed by atoms with Gasteiger partial charge in [0.05, 0.1) is 18.0 Å². The fourth-order valence-electron chi connectivity index (χ4n) is 2.52. The van der Waals surface area contributed by atoms with Gasteiger partial charge in [0, 0.05) is 12.6 Å². The zero-order chi connectivity index (χ0) is 20.5. The summed E-state index contributed by atoms with van der Waals surface area (Å²) in [5, 5.41) is 9.05. The number of benzene rings is 1. The van der Waals surface area contributed by atoms with E-state index in [0.717, 1.165) is 22.7 Å². The number of ether oxygens (including phenoxy) is 2. The van der Waals surface area contributed by atoms with Gasteiger partial charge in [0.25, 0.3) is 11.5 Å². The number of nitrogens with one attached hydrogen (secondary N) is 1. The summed E-state index contributed by atoms with van der Waals surface area (Å²) in [6, 6.07) is 14.2. The highest BCUT2D eigenvalue weighted by Crippen LogP contribution is 2.21. The molecule has 7 nitrogen and oxygen atoms in total. The zero-order valence-electron chi connectivity index (χ0n) is 16.2. The molecule has 0 atom stereocenters. The highest BCUT2D eigenvalue weighted by molar-refractivity contribution is 7.13. The maximum atomic E-state index is 12.0. The molecule has 3 rings (SSSR count). The van der Waals surface area contributed by atoms with Crippen molar-refractivity contribution in [2.75, 3.05) is 19.8 Å². The standard InChI is InChI=1S/C21H23N3O4S/c1-2-13-27-16-5-7-17(8-6-16)28-15-20(25)22-11-12-24-21(26)10-9-18(23-24)19-4-3-14-29-19/h3-10,14H,2,11-13,15H2,1H3,(H,22,25). The average molecular weight is 413 g/mol. The van der Waals surface area contributed by atoms with Crippen molar-refractivity contribution in [2.45, 2.75) is 19.9 Å². The van der Waals surface area contributed by atoms with Crippen LogP contribution in [0.3, 0.4) is 0 Å². The van der Waals surface area contributed by atoms with Crippen molar-refractivity contribution in [3.8, 4) is 22.1 Å². The number of rotatable bonds is 10. The molecule has 0 radical (unpaired) electrons. The first-order valence-corrected chi connectivity index (χ1v) is 10.3. The zero-order valence-corrected chi connectivity index (χ0v) is 17.0. The third-order valence-electron chi connectivity index (χ3n) is 3.95. The number of carbonyl (C=O) groups excluding carboxylic acids is 1. The van der Waals surface area contributed by atoms with Crippen LogP contribution in [0, 0.1) is 0 Å². The number of hydrogen-bond acceptors (Lipinski definition) is 6. The van der Waals surface area contributed by atoms with Crippen molar-refractivity contribution in [2.24, 2.45) is 0 Å². The number of aromatic nitrogens is 2. The Labute approximate surface area is 172 Å². The molecule has 2 heterocycles. The molecule has 1 aromatic carbocycles. The van der Waals surface area contributed by atoms with Gasteiger partial charge in [-0.3, -0.25) is 9.59 Å². The molecular formula is C21H23N3O4S. The second kappa shape index (κ2) is 10.4. The van der Waals surface area contributed by atoms with Crippen molar-refractivity contribution in [3.63, 3.8) is 0 Å². The maximum Gasteiger partial charge on any atom is 0.266 e. The highest BCUT2D eigenvalue weighted by Gasteiger charge is 2.06. The molecule has 29 heavy (non-hydrogen) atoms. The van der Waals surface area contributed by atoms with Gasteiger partial charge >= 0.3 is 0 Å². The molecule has 0 spiro atoms. The number of thiophene rings is 1. The van der Waals surface area contributed by atoms with E-state index in [4.69, 9.17) is 9.47 Å². The van der Waals surface area contributed by atoms with Crippen LogP contribution in [0.5, 0.6) is 11.5 Å². The van der Waals surface area contributed by atoms with Gasteiger partial charge in [-0.2, -0.15) is 5.10 Å². The molecule has 1 amide bonds. The summed E-state index contributed by atoms with van der Waals surface area (Å²) >= 11 is 1.56. The summed E-state index contributed by atoms with van der Waals surface area (Å²) < 4.78 is 12.3. The number of nitrogens with zero attached hydrogens (tertiary/aromatic N) is 2. The predicted molar refractivity (Wildman–Crippen MR) is 113 cm³/mol. The summed E-state index contributed by atoms with van der Waals surface area (Å²) in [5.41, 5.74) is 0.529. The average Bonchev–Trinajstić information content (AvgIpc) is 3.28. The van der Waals surface area contributed by atoms with Crippen LogP contribution in [0.4, 0.5) is 0 Å². The van der Waals surface area contributed by atoms with Gasteiger partial charge < -0.3 is 14.8 Å². The van der Waals surface area contributed by atoms with Crippen LogP contribution in [0.25, 0.3) is 10.6 Å². The Balaban J connectivity index is 1.44. The van der Waals surface area contributed by atoms with E-state index in [1.807, 2.05) is 36.6 Å². The van der Waals surface area contributed by atoms with Crippen LogP contribution in [0.1, 0.15) is 13.3 Å². The third-order valence-corrected chi connectivity index (χ3v) is 4.84. The van der Waals surface area contributed by atoms with Gasteiger partial charge in [-0.1, -0.05) is 13.0 Å². The van der Waals surface area contributed by atoms with Crippen LogP contribution in [0.2, 0.25) is 0 Å². The fourth-order valence-corrected chi connectivity index (χ4v) is 3.21.